The monoisotopic (exact) mass is 238 g/mol. The van der Waals surface area contributed by atoms with Crippen molar-refractivity contribution in [1.82, 2.24) is 4.98 Å². The molecule has 1 unspecified atom stereocenters. The number of rotatable bonds is 4. The molecule has 2 heteroatoms. The molecule has 0 bridgehead atoms. The molecule has 2 aromatic rings. The number of anilines is 1. The minimum atomic E-state index is 0.427. The Labute approximate surface area is 108 Å². The zero-order chi connectivity index (χ0) is 12.4. The van der Waals surface area contributed by atoms with Gasteiger partial charge in [-0.15, -0.1) is 0 Å². The standard InChI is InChI=1S/C16H18N2/c1-12-7-10-15(11-17-12)18-16(14-8-9-14)13-5-3-2-4-6-13/h2-7,10-11,14,16,18H,8-9H2,1H3. The van der Waals surface area contributed by atoms with E-state index >= 15 is 0 Å². The summed E-state index contributed by atoms with van der Waals surface area (Å²) in [4.78, 5) is 4.34. The van der Waals surface area contributed by atoms with Gasteiger partial charge in [0.05, 0.1) is 17.9 Å². The smallest absolute Gasteiger partial charge is 0.0542 e. The van der Waals surface area contributed by atoms with Crippen molar-refractivity contribution < 1.29 is 0 Å². The first kappa shape index (κ1) is 11.3. The fraction of sp³-hybridized carbons (Fsp3) is 0.312. The molecule has 3 rings (SSSR count). The lowest BCUT2D eigenvalue weighted by Gasteiger charge is -2.20. The SMILES string of the molecule is Cc1ccc(NC(c2ccccc2)C2CC2)cn1. The third-order valence-corrected chi connectivity index (χ3v) is 3.49. The van der Waals surface area contributed by atoms with Crippen molar-refractivity contribution in [3.63, 3.8) is 0 Å². The van der Waals surface area contributed by atoms with Crippen molar-refractivity contribution in [1.29, 1.82) is 0 Å². The number of hydrogen-bond donors (Lipinski definition) is 1. The summed E-state index contributed by atoms with van der Waals surface area (Å²) in [6.45, 7) is 2.01. The van der Waals surface area contributed by atoms with Gasteiger partial charge in [0.15, 0.2) is 0 Å². The van der Waals surface area contributed by atoms with Crippen LogP contribution >= 0.6 is 0 Å². The number of nitrogens with zero attached hydrogens (tertiary/aromatic N) is 1. The van der Waals surface area contributed by atoms with Crippen molar-refractivity contribution in [2.45, 2.75) is 25.8 Å². The maximum atomic E-state index is 4.34. The number of nitrogens with one attached hydrogen (secondary N) is 1. The maximum absolute atomic E-state index is 4.34. The van der Waals surface area contributed by atoms with Gasteiger partial charge in [0, 0.05) is 5.69 Å². The van der Waals surface area contributed by atoms with Gasteiger partial charge in [0.25, 0.3) is 0 Å². The Morgan fingerprint density at radius 3 is 2.50 bits per heavy atom. The van der Waals surface area contributed by atoms with E-state index in [1.165, 1.54) is 18.4 Å². The Morgan fingerprint density at radius 2 is 1.89 bits per heavy atom. The highest BCUT2D eigenvalue weighted by Gasteiger charge is 2.32. The van der Waals surface area contributed by atoms with Crippen LogP contribution in [0.2, 0.25) is 0 Å². The molecular weight excluding hydrogens is 220 g/mol. The number of aromatic nitrogens is 1. The van der Waals surface area contributed by atoms with Crippen LogP contribution in [-0.2, 0) is 0 Å². The summed E-state index contributed by atoms with van der Waals surface area (Å²) in [5.41, 5.74) is 3.55. The normalized spacial score (nSPS) is 16.3. The van der Waals surface area contributed by atoms with Crippen molar-refractivity contribution in [3.05, 3.63) is 59.9 Å². The van der Waals surface area contributed by atoms with Crippen molar-refractivity contribution in [3.8, 4) is 0 Å². The summed E-state index contributed by atoms with van der Waals surface area (Å²) in [7, 11) is 0. The highest BCUT2D eigenvalue weighted by Crippen LogP contribution is 2.42. The van der Waals surface area contributed by atoms with Gasteiger partial charge in [0.2, 0.25) is 0 Å². The average molecular weight is 238 g/mol. The lowest BCUT2D eigenvalue weighted by molar-refractivity contribution is 0.678. The lowest BCUT2D eigenvalue weighted by Crippen LogP contribution is -2.12. The van der Waals surface area contributed by atoms with E-state index in [-0.39, 0.29) is 0 Å². The van der Waals surface area contributed by atoms with Crippen molar-refractivity contribution >= 4 is 5.69 Å². The first-order valence-corrected chi connectivity index (χ1v) is 6.57. The molecule has 1 saturated carbocycles. The Hall–Kier alpha value is -1.83. The van der Waals surface area contributed by atoms with Gasteiger partial charge in [-0.2, -0.15) is 0 Å². The molecule has 0 radical (unpaired) electrons. The van der Waals surface area contributed by atoms with Crippen LogP contribution < -0.4 is 5.32 Å². The first-order chi connectivity index (χ1) is 8.83. The lowest BCUT2D eigenvalue weighted by atomic mass is 10.0. The largest absolute Gasteiger partial charge is 0.377 e. The average Bonchev–Trinajstić information content (AvgIpc) is 3.23. The Kier molecular flexibility index (Phi) is 3.01. The van der Waals surface area contributed by atoms with Crippen LogP contribution in [0.4, 0.5) is 5.69 Å². The van der Waals surface area contributed by atoms with Gasteiger partial charge in [0.1, 0.15) is 0 Å². The second-order valence-corrected chi connectivity index (χ2v) is 5.06. The second-order valence-electron chi connectivity index (χ2n) is 5.06. The van der Waals surface area contributed by atoms with E-state index in [4.69, 9.17) is 0 Å². The summed E-state index contributed by atoms with van der Waals surface area (Å²) in [5, 5.41) is 3.62. The Balaban J connectivity index is 1.81. The molecule has 1 N–H and O–H groups in total. The van der Waals surface area contributed by atoms with Gasteiger partial charge in [-0.05, 0) is 43.4 Å². The Morgan fingerprint density at radius 1 is 1.11 bits per heavy atom. The number of aryl methyl sites for hydroxylation is 1. The molecule has 1 atom stereocenters. The Bertz CT molecular complexity index is 500. The van der Waals surface area contributed by atoms with E-state index in [1.807, 2.05) is 13.1 Å². The van der Waals surface area contributed by atoms with Crippen LogP contribution in [0.25, 0.3) is 0 Å². The minimum Gasteiger partial charge on any atom is -0.377 e. The van der Waals surface area contributed by atoms with Crippen LogP contribution in [0.1, 0.15) is 30.1 Å². The van der Waals surface area contributed by atoms with E-state index in [2.05, 4.69) is 52.8 Å². The van der Waals surface area contributed by atoms with Crippen LogP contribution in [0, 0.1) is 12.8 Å². The molecule has 92 valence electrons. The molecule has 1 heterocycles. The number of benzene rings is 1. The number of pyridine rings is 1. The zero-order valence-corrected chi connectivity index (χ0v) is 10.6. The first-order valence-electron chi connectivity index (χ1n) is 6.57. The molecular formula is C16H18N2. The summed E-state index contributed by atoms with van der Waals surface area (Å²) in [5.74, 6) is 0.772. The van der Waals surface area contributed by atoms with E-state index < -0.39 is 0 Å². The van der Waals surface area contributed by atoms with E-state index in [1.54, 1.807) is 0 Å². The molecule has 2 nitrogen and oxygen atoms in total. The molecule has 0 spiro atoms. The summed E-state index contributed by atoms with van der Waals surface area (Å²) in [6, 6.07) is 15.3. The second kappa shape index (κ2) is 4.81. The third-order valence-electron chi connectivity index (χ3n) is 3.49. The van der Waals surface area contributed by atoms with Gasteiger partial charge >= 0.3 is 0 Å². The topological polar surface area (TPSA) is 24.9 Å². The minimum absolute atomic E-state index is 0.427. The molecule has 1 aliphatic carbocycles. The third kappa shape index (κ3) is 2.53. The van der Waals surface area contributed by atoms with Crippen LogP contribution in [0.5, 0.6) is 0 Å². The van der Waals surface area contributed by atoms with Crippen LogP contribution in [0.15, 0.2) is 48.7 Å². The number of hydrogen-bond acceptors (Lipinski definition) is 2. The molecule has 0 saturated heterocycles. The molecule has 1 aromatic heterocycles. The van der Waals surface area contributed by atoms with Crippen LogP contribution in [-0.4, -0.2) is 4.98 Å². The summed E-state index contributed by atoms with van der Waals surface area (Å²) >= 11 is 0. The predicted octanol–water partition coefficient (Wildman–Crippen LogP) is 3.95. The zero-order valence-electron chi connectivity index (χ0n) is 10.6. The van der Waals surface area contributed by atoms with E-state index in [9.17, 15) is 0 Å². The van der Waals surface area contributed by atoms with Gasteiger partial charge < -0.3 is 5.32 Å². The van der Waals surface area contributed by atoms with Gasteiger partial charge in [-0.3, -0.25) is 4.98 Å². The molecule has 0 amide bonds. The van der Waals surface area contributed by atoms with E-state index in [0.29, 0.717) is 6.04 Å². The highest BCUT2D eigenvalue weighted by atomic mass is 14.9. The molecule has 1 fully saturated rings. The molecule has 18 heavy (non-hydrogen) atoms. The fourth-order valence-corrected chi connectivity index (χ4v) is 2.30. The van der Waals surface area contributed by atoms with Gasteiger partial charge in [-0.1, -0.05) is 30.3 Å². The summed E-state index contributed by atoms with van der Waals surface area (Å²) in [6.07, 6.45) is 4.57. The quantitative estimate of drug-likeness (QED) is 0.872. The molecule has 0 aliphatic heterocycles. The predicted molar refractivity (Wildman–Crippen MR) is 74.5 cm³/mol. The van der Waals surface area contributed by atoms with Crippen LogP contribution in [0.3, 0.4) is 0 Å². The van der Waals surface area contributed by atoms with Gasteiger partial charge in [-0.25, -0.2) is 0 Å². The van der Waals surface area contributed by atoms with Crippen molar-refractivity contribution in [2.75, 3.05) is 5.32 Å². The fourth-order valence-electron chi connectivity index (χ4n) is 2.30. The molecule has 1 aromatic carbocycles. The highest BCUT2D eigenvalue weighted by molar-refractivity contribution is 5.44. The molecule has 1 aliphatic rings. The summed E-state index contributed by atoms with van der Waals surface area (Å²) < 4.78 is 0. The maximum Gasteiger partial charge on any atom is 0.0542 e. The van der Waals surface area contributed by atoms with Crippen molar-refractivity contribution in [2.24, 2.45) is 5.92 Å². The van der Waals surface area contributed by atoms with E-state index in [0.717, 1.165) is 17.3 Å².